The molecule has 0 bridgehead atoms. The normalized spacial score (nSPS) is 6.44. The summed E-state index contributed by atoms with van der Waals surface area (Å²) in [7, 11) is -4.67. The third-order valence-electron chi connectivity index (χ3n) is 0. The van der Waals surface area contributed by atoms with Gasteiger partial charge < -0.3 is 5.71 Å². The molecule has 0 aliphatic carbocycles. The molecule has 0 radical (unpaired) electrons. The van der Waals surface area contributed by atoms with E-state index in [2.05, 4.69) is 0 Å². The van der Waals surface area contributed by atoms with Crippen molar-refractivity contribution in [2.75, 3.05) is 0 Å². The summed E-state index contributed by atoms with van der Waals surface area (Å²) in [5.41, 5.74) is 0. The van der Waals surface area contributed by atoms with Gasteiger partial charge in [0.05, 0.1) is 0 Å². The van der Waals surface area contributed by atoms with Crippen LogP contribution in [0, 0.1) is 0 Å². The van der Waals surface area contributed by atoms with Crippen LogP contribution in [0.25, 0.3) is 0 Å². The van der Waals surface area contributed by atoms with E-state index in [-0.39, 0.29) is 100 Å². The third kappa shape index (κ3) is 102. The minimum absolute atomic E-state index is 0. The molecule has 0 amide bonds. The summed E-state index contributed by atoms with van der Waals surface area (Å²) in [6, 6.07) is 0. The minimum atomic E-state index is -4.67. The van der Waals surface area contributed by atoms with E-state index in [0.717, 1.165) is 0 Å². The van der Waals surface area contributed by atoms with Gasteiger partial charge >= 0.3 is 92.6 Å². The van der Waals surface area contributed by atoms with Crippen molar-refractivity contribution in [2.24, 2.45) is 0 Å². The van der Waals surface area contributed by atoms with Crippen LogP contribution in [0.5, 0.6) is 0 Å². The fraction of sp³-hybridized carbons (Fsp3) is 0. The Hall–Kier alpha value is 2.93. The molecule has 0 rings (SSSR count). The first-order valence-corrected chi connectivity index (χ1v) is 2.10. The summed E-state index contributed by atoms with van der Waals surface area (Å²) in [5.74, 6) is 0. The zero-order valence-corrected chi connectivity index (χ0v) is 12.3. The van der Waals surface area contributed by atoms with Gasteiger partial charge in [0.25, 0.3) is 0 Å². The van der Waals surface area contributed by atoms with Gasteiger partial charge in [-0.3, -0.25) is 9.11 Å². The molecule has 0 spiro atoms. The SMILES string of the molecule is Cl.O=S(=O)(O)O.[H-].[H-].[H-].[H-].[Mg+2].[Na+].[Na+]. The molecule has 0 heterocycles. The maximum atomic E-state index is 8.74. The molecule has 0 aromatic heterocycles. The molecule has 4 nitrogen and oxygen atoms in total. The Morgan fingerprint density at radius 3 is 1.11 bits per heavy atom. The van der Waals surface area contributed by atoms with Gasteiger partial charge in [-0.1, -0.05) is 0 Å². The van der Waals surface area contributed by atoms with Crippen LogP contribution in [0.15, 0.2) is 0 Å². The first-order valence-electron chi connectivity index (χ1n) is 0.698. The standard InChI is InChI=1S/ClH.Mg.2Na.H2O4S.4H/c;;;;1-5(2,3)4;;;;/h1H;;;;(H2,1,2,3,4);;;;/q;+2;2*+1;;4*-1. The minimum Gasteiger partial charge on any atom is -1.00 e. The van der Waals surface area contributed by atoms with Crippen molar-refractivity contribution >= 4 is 45.9 Å². The molecular weight excluding hydrogens is 202 g/mol. The van der Waals surface area contributed by atoms with Gasteiger partial charge in [0.15, 0.2) is 0 Å². The molecule has 0 saturated heterocycles. The van der Waals surface area contributed by atoms with Crippen molar-refractivity contribution < 1.29 is 82.3 Å². The third-order valence-corrected chi connectivity index (χ3v) is 0. The van der Waals surface area contributed by atoms with E-state index in [1.807, 2.05) is 0 Å². The number of halogens is 1. The van der Waals surface area contributed by atoms with Gasteiger partial charge in [-0.05, 0) is 0 Å². The van der Waals surface area contributed by atoms with Crippen LogP contribution in [0.1, 0.15) is 5.71 Å². The maximum absolute atomic E-state index is 8.74. The first-order chi connectivity index (χ1) is 2.00. The predicted molar refractivity (Wildman–Crippen MR) is 31.6 cm³/mol. The van der Waals surface area contributed by atoms with Crippen molar-refractivity contribution in [3.05, 3.63) is 0 Å². The first kappa shape index (κ1) is 29.7. The summed E-state index contributed by atoms with van der Waals surface area (Å²) in [6.45, 7) is 0. The molecule has 0 aliphatic rings. The van der Waals surface area contributed by atoms with Crippen LogP contribution in [0.2, 0.25) is 0 Å². The molecule has 48 valence electrons. The average molecular weight is 209 g/mol. The van der Waals surface area contributed by atoms with Gasteiger partial charge in [0.1, 0.15) is 0 Å². The monoisotopic (exact) mass is 208 g/mol. The molecule has 0 aromatic rings. The molecule has 0 aromatic carbocycles. The van der Waals surface area contributed by atoms with E-state index in [1.54, 1.807) is 0 Å². The zero-order chi connectivity index (χ0) is 4.50. The average Bonchev–Trinajstić information content (AvgIpc) is 0.722. The molecule has 0 fully saturated rings. The Balaban J connectivity index is -0.00000000286. The Morgan fingerprint density at radius 1 is 1.11 bits per heavy atom. The van der Waals surface area contributed by atoms with E-state index >= 15 is 0 Å². The topological polar surface area (TPSA) is 74.6 Å². The second-order valence-electron chi connectivity index (χ2n) is 0.448. The Morgan fingerprint density at radius 2 is 1.11 bits per heavy atom. The molecule has 2 N–H and O–H groups in total. The number of hydrogen-bond donors (Lipinski definition) is 2. The zero-order valence-electron chi connectivity index (χ0n) is 9.23. The van der Waals surface area contributed by atoms with E-state index in [9.17, 15) is 0 Å². The van der Waals surface area contributed by atoms with Gasteiger partial charge in [0.2, 0.25) is 0 Å². The van der Waals surface area contributed by atoms with Crippen molar-refractivity contribution in [2.45, 2.75) is 0 Å². The smallest absolute Gasteiger partial charge is 1.00 e. The van der Waals surface area contributed by atoms with Crippen molar-refractivity contribution in [1.82, 2.24) is 0 Å². The Kier molecular flexibility index (Phi) is 44.6. The molecule has 9 heavy (non-hydrogen) atoms. The van der Waals surface area contributed by atoms with E-state index < -0.39 is 10.4 Å². The summed E-state index contributed by atoms with van der Waals surface area (Å²) in [4.78, 5) is 0. The summed E-state index contributed by atoms with van der Waals surface area (Å²) in [5, 5.41) is 0. The van der Waals surface area contributed by atoms with Crippen LogP contribution >= 0.6 is 12.4 Å². The summed E-state index contributed by atoms with van der Waals surface area (Å²) >= 11 is 0. The second kappa shape index (κ2) is 13.5. The van der Waals surface area contributed by atoms with Crippen molar-refractivity contribution in [1.29, 1.82) is 0 Å². The van der Waals surface area contributed by atoms with E-state index in [4.69, 9.17) is 17.5 Å². The van der Waals surface area contributed by atoms with Crippen LogP contribution < -0.4 is 59.1 Å². The van der Waals surface area contributed by atoms with Gasteiger partial charge in [-0.2, -0.15) is 8.42 Å². The van der Waals surface area contributed by atoms with Crippen LogP contribution in [0.4, 0.5) is 0 Å². The fourth-order valence-electron chi connectivity index (χ4n) is 0. The van der Waals surface area contributed by atoms with E-state index in [1.165, 1.54) is 0 Å². The Labute approximate surface area is 126 Å². The quantitative estimate of drug-likeness (QED) is 0.307. The largest absolute Gasteiger partial charge is 2.00 e. The molecule has 0 unspecified atom stereocenters. The summed E-state index contributed by atoms with van der Waals surface area (Å²) < 4.78 is 31.6. The number of hydrogen-bond acceptors (Lipinski definition) is 2. The van der Waals surface area contributed by atoms with Crippen LogP contribution in [-0.2, 0) is 10.4 Å². The molecule has 9 heteroatoms. The van der Waals surface area contributed by atoms with Crippen molar-refractivity contribution in [3.8, 4) is 0 Å². The molecule has 0 saturated carbocycles. The summed E-state index contributed by atoms with van der Waals surface area (Å²) in [6.07, 6.45) is 0. The van der Waals surface area contributed by atoms with Gasteiger partial charge in [-0.25, -0.2) is 0 Å². The van der Waals surface area contributed by atoms with Crippen LogP contribution in [-0.4, -0.2) is 40.6 Å². The molecular formula is H7ClMgNa2O4S. The molecule has 0 atom stereocenters. The van der Waals surface area contributed by atoms with Gasteiger partial charge in [-0.15, -0.1) is 12.4 Å². The van der Waals surface area contributed by atoms with Crippen molar-refractivity contribution in [3.63, 3.8) is 0 Å². The Bertz CT molecular complexity index is 113. The second-order valence-corrected chi connectivity index (χ2v) is 1.34. The number of rotatable bonds is 0. The fourth-order valence-corrected chi connectivity index (χ4v) is 0. The van der Waals surface area contributed by atoms with Crippen LogP contribution in [0.3, 0.4) is 0 Å². The van der Waals surface area contributed by atoms with E-state index in [0.29, 0.717) is 0 Å². The van der Waals surface area contributed by atoms with Gasteiger partial charge in [0, 0.05) is 0 Å². The predicted octanol–water partition coefficient (Wildman–Crippen LogP) is -6.15. The maximum Gasteiger partial charge on any atom is 2.00 e. The molecule has 0 aliphatic heterocycles.